The van der Waals surface area contributed by atoms with Crippen LogP contribution in [0.15, 0.2) is 30.6 Å². The van der Waals surface area contributed by atoms with E-state index < -0.39 is 0 Å². The Morgan fingerprint density at radius 3 is 2.76 bits per heavy atom. The number of fused-ring (bicyclic) bond motifs is 1. The van der Waals surface area contributed by atoms with Gasteiger partial charge in [0.2, 0.25) is 0 Å². The fourth-order valence-corrected chi connectivity index (χ4v) is 3.26. The molecule has 1 aliphatic heterocycles. The van der Waals surface area contributed by atoms with E-state index in [9.17, 15) is 4.79 Å². The van der Waals surface area contributed by atoms with Crippen LogP contribution in [0.5, 0.6) is 0 Å². The summed E-state index contributed by atoms with van der Waals surface area (Å²) < 4.78 is 1.80. The van der Waals surface area contributed by atoms with E-state index in [0.717, 1.165) is 25.3 Å². The third kappa shape index (κ3) is 4.17. The monoisotopic (exact) mass is 342 g/mol. The fraction of sp³-hybridized carbons (Fsp3) is 0.500. The lowest BCUT2D eigenvalue weighted by Gasteiger charge is -2.33. The van der Waals surface area contributed by atoms with E-state index in [1.54, 1.807) is 10.9 Å². The SMILES string of the molecule is CC(NC(=O)NCC(C)N1CCc2ccccc2C1)c1nncn1C. The first kappa shape index (κ1) is 17.4. The van der Waals surface area contributed by atoms with Crippen molar-refractivity contribution in [3.63, 3.8) is 0 Å². The minimum Gasteiger partial charge on any atom is -0.337 e. The van der Waals surface area contributed by atoms with Crippen LogP contribution in [-0.4, -0.2) is 44.8 Å². The highest BCUT2D eigenvalue weighted by molar-refractivity contribution is 5.74. The Kier molecular flexibility index (Phi) is 5.33. The molecule has 0 bridgehead atoms. The van der Waals surface area contributed by atoms with Crippen molar-refractivity contribution >= 4 is 6.03 Å². The Labute approximate surface area is 148 Å². The average Bonchev–Trinajstić information content (AvgIpc) is 3.05. The Balaban J connectivity index is 1.47. The molecule has 134 valence electrons. The Hall–Kier alpha value is -2.41. The molecule has 2 N–H and O–H groups in total. The van der Waals surface area contributed by atoms with E-state index >= 15 is 0 Å². The van der Waals surface area contributed by atoms with Crippen LogP contribution < -0.4 is 10.6 Å². The number of aryl methyl sites for hydroxylation is 1. The van der Waals surface area contributed by atoms with Crippen LogP contribution in [0.25, 0.3) is 0 Å². The number of hydrogen-bond acceptors (Lipinski definition) is 4. The molecule has 1 aromatic heterocycles. The number of rotatable bonds is 5. The van der Waals surface area contributed by atoms with Crippen molar-refractivity contribution < 1.29 is 4.79 Å². The summed E-state index contributed by atoms with van der Waals surface area (Å²) in [6, 6.07) is 8.50. The number of nitrogens with one attached hydrogen (secondary N) is 2. The molecule has 25 heavy (non-hydrogen) atoms. The van der Waals surface area contributed by atoms with Crippen LogP contribution >= 0.6 is 0 Å². The van der Waals surface area contributed by atoms with Gasteiger partial charge in [-0.2, -0.15) is 0 Å². The second-order valence-corrected chi connectivity index (χ2v) is 6.71. The highest BCUT2D eigenvalue weighted by Gasteiger charge is 2.21. The maximum Gasteiger partial charge on any atom is 0.315 e. The molecule has 1 aliphatic rings. The summed E-state index contributed by atoms with van der Waals surface area (Å²) >= 11 is 0. The zero-order chi connectivity index (χ0) is 17.8. The maximum atomic E-state index is 12.1. The predicted molar refractivity (Wildman–Crippen MR) is 96.0 cm³/mol. The topological polar surface area (TPSA) is 75.1 Å². The second kappa shape index (κ2) is 7.65. The predicted octanol–water partition coefficient (Wildman–Crippen LogP) is 1.62. The molecule has 7 heteroatoms. The molecule has 0 fully saturated rings. The zero-order valence-corrected chi connectivity index (χ0v) is 15.1. The quantitative estimate of drug-likeness (QED) is 0.866. The molecule has 0 radical (unpaired) electrons. The number of amides is 2. The Bertz CT molecular complexity index is 728. The highest BCUT2D eigenvalue weighted by Crippen LogP contribution is 2.19. The number of carbonyl (C=O) groups excluding carboxylic acids is 1. The van der Waals surface area contributed by atoms with Gasteiger partial charge < -0.3 is 15.2 Å². The minimum absolute atomic E-state index is 0.181. The number of urea groups is 1. The number of hydrogen-bond donors (Lipinski definition) is 2. The van der Waals surface area contributed by atoms with Crippen molar-refractivity contribution in [3.05, 3.63) is 47.5 Å². The molecule has 0 aliphatic carbocycles. The van der Waals surface area contributed by atoms with E-state index in [1.165, 1.54) is 11.1 Å². The van der Waals surface area contributed by atoms with Gasteiger partial charge in [-0.15, -0.1) is 10.2 Å². The lowest BCUT2D eigenvalue weighted by Crippen LogP contribution is -2.47. The van der Waals surface area contributed by atoms with Crippen LogP contribution in [0.4, 0.5) is 4.79 Å². The van der Waals surface area contributed by atoms with Gasteiger partial charge in [0.15, 0.2) is 5.82 Å². The maximum absolute atomic E-state index is 12.1. The number of aromatic nitrogens is 3. The summed E-state index contributed by atoms with van der Waals surface area (Å²) in [5, 5.41) is 13.7. The van der Waals surface area contributed by atoms with Crippen molar-refractivity contribution in [1.29, 1.82) is 0 Å². The molecule has 0 saturated heterocycles. The van der Waals surface area contributed by atoms with Gasteiger partial charge in [-0.05, 0) is 31.4 Å². The van der Waals surface area contributed by atoms with Crippen molar-refractivity contribution in [1.82, 2.24) is 30.3 Å². The number of carbonyl (C=O) groups is 1. The van der Waals surface area contributed by atoms with Gasteiger partial charge in [-0.3, -0.25) is 4.90 Å². The summed E-state index contributed by atoms with van der Waals surface area (Å²) in [6.45, 7) is 6.63. The first-order valence-electron chi connectivity index (χ1n) is 8.73. The summed E-state index contributed by atoms with van der Waals surface area (Å²) in [5.41, 5.74) is 2.83. The second-order valence-electron chi connectivity index (χ2n) is 6.71. The van der Waals surface area contributed by atoms with Crippen LogP contribution in [-0.2, 0) is 20.0 Å². The first-order chi connectivity index (χ1) is 12.0. The third-order valence-corrected chi connectivity index (χ3v) is 4.82. The molecule has 2 amide bonds. The first-order valence-corrected chi connectivity index (χ1v) is 8.73. The van der Waals surface area contributed by atoms with Crippen molar-refractivity contribution in [3.8, 4) is 0 Å². The normalized spacial score (nSPS) is 16.8. The van der Waals surface area contributed by atoms with Crippen LogP contribution in [0, 0.1) is 0 Å². The molecule has 2 heterocycles. The molecule has 2 atom stereocenters. The molecule has 1 aromatic carbocycles. The van der Waals surface area contributed by atoms with E-state index in [2.05, 4.69) is 56.9 Å². The summed E-state index contributed by atoms with van der Waals surface area (Å²) in [7, 11) is 1.86. The van der Waals surface area contributed by atoms with Gasteiger partial charge in [-0.1, -0.05) is 24.3 Å². The van der Waals surface area contributed by atoms with Gasteiger partial charge in [0.25, 0.3) is 0 Å². The largest absolute Gasteiger partial charge is 0.337 e. The minimum atomic E-state index is -0.190. The molecule has 2 unspecified atom stereocenters. The lowest BCUT2D eigenvalue weighted by molar-refractivity contribution is 0.184. The summed E-state index contributed by atoms with van der Waals surface area (Å²) in [4.78, 5) is 14.6. The summed E-state index contributed by atoms with van der Waals surface area (Å²) in [5.74, 6) is 0.732. The molecule has 3 rings (SSSR count). The van der Waals surface area contributed by atoms with Crippen molar-refractivity contribution in [2.45, 2.75) is 38.9 Å². The van der Waals surface area contributed by atoms with Gasteiger partial charge in [0, 0.05) is 32.7 Å². The van der Waals surface area contributed by atoms with Gasteiger partial charge in [-0.25, -0.2) is 4.79 Å². The van der Waals surface area contributed by atoms with E-state index in [0.29, 0.717) is 6.54 Å². The smallest absolute Gasteiger partial charge is 0.315 e. The fourth-order valence-electron chi connectivity index (χ4n) is 3.26. The average molecular weight is 342 g/mol. The Morgan fingerprint density at radius 1 is 1.28 bits per heavy atom. The van der Waals surface area contributed by atoms with Crippen LogP contribution in [0.1, 0.15) is 36.8 Å². The van der Waals surface area contributed by atoms with Gasteiger partial charge in [0.05, 0.1) is 6.04 Å². The van der Waals surface area contributed by atoms with Crippen LogP contribution in [0.3, 0.4) is 0 Å². The molecule has 0 saturated carbocycles. The van der Waals surface area contributed by atoms with Gasteiger partial charge in [0.1, 0.15) is 6.33 Å². The molecular weight excluding hydrogens is 316 g/mol. The molecule has 7 nitrogen and oxygen atoms in total. The molecule has 2 aromatic rings. The van der Waals surface area contributed by atoms with Crippen molar-refractivity contribution in [2.24, 2.45) is 7.05 Å². The molecule has 0 spiro atoms. The lowest BCUT2D eigenvalue weighted by atomic mass is 9.99. The van der Waals surface area contributed by atoms with E-state index in [1.807, 2.05) is 14.0 Å². The zero-order valence-electron chi connectivity index (χ0n) is 15.1. The van der Waals surface area contributed by atoms with Crippen LogP contribution in [0.2, 0.25) is 0 Å². The number of nitrogens with zero attached hydrogens (tertiary/aromatic N) is 4. The van der Waals surface area contributed by atoms with E-state index in [-0.39, 0.29) is 18.1 Å². The number of benzene rings is 1. The van der Waals surface area contributed by atoms with Gasteiger partial charge >= 0.3 is 6.03 Å². The Morgan fingerprint density at radius 2 is 2.04 bits per heavy atom. The summed E-state index contributed by atoms with van der Waals surface area (Å²) in [6.07, 6.45) is 2.69. The third-order valence-electron chi connectivity index (χ3n) is 4.82. The van der Waals surface area contributed by atoms with E-state index in [4.69, 9.17) is 0 Å². The highest BCUT2D eigenvalue weighted by atomic mass is 16.2. The standard InChI is InChI=1S/C18H26N6O/c1-13(24-9-8-15-6-4-5-7-16(15)11-24)10-19-18(25)21-14(2)17-22-20-12-23(17)3/h4-7,12-14H,8-11H2,1-3H3,(H2,19,21,25). The molecular formula is C18H26N6O. The van der Waals surface area contributed by atoms with Crippen molar-refractivity contribution in [2.75, 3.05) is 13.1 Å².